The van der Waals surface area contributed by atoms with Gasteiger partial charge in [0.25, 0.3) is 5.91 Å². The van der Waals surface area contributed by atoms with Gasteiger partial charge in [0.1, 0.15) is 17.8 Å². The van der Waals surface area contributed by atoms with E-state index in [1.807, 2.05) is 6.92 Å². The van der Waals surface area contributed by atoms with Crippen molar-refractivity contribution in [3.63, 3.8) is 0 Å². The van der Waals surface area contributed by atoms with Crippen LogP contribution in [0, 0.1) is 5.92 Å². The van der Waals surface area contributed by atoms with Crippen LogP contribution in [0.2, 0.25) is 0 Å². The standard InChI is InChI=1S/C16H21N3O4/c1-11-5-2-3-7-16(11)14(21)19(15(22)18-16)10-13(20)17-9-12-6-4-8-23-12/h4,6,8,11H,2-3,5,7,9-10H2,1H3,(H,17,20)(H,18,22)/t11-,16+/m0/s1. The predicted octanol–water partition coefficient (Wildman–Crippen LogP) is 1.40. The number of rotatable bonds is 4. The van der Waals surface area contributed by atoms with Gasteiger partial charge in [-0.05, 0) is 30.9 Å². The molecule has 7 nitrogen and oxygen atoms in total. The summed E-state index contributed by atoms with van der Waals surface area (Å²) in [4.78, 5) is 37.9. The lowest BCUT2D eigenvalue weighted by Gasteiger charge is -2.36. The van der Waals surface area contributed by atoms with Crippen molar-refractivity contribution in [3.8, 4) is 0 Å². The Hall–Kier alpha value is -2.31. The van der Waals surface area contributed by atoms with Gasteiger partial charge in [0.2, 0.25) is 5.91 Å². The van der Waals surface area contributed by atoms with Crippen LogP contribution >= 0.6 is 0 Å². The molecule has 2 N–H and O–H groups in total. The van der Waals surface area contributed by atoms with Gasteiger partial charge in [-0.1, -0.05) is 19.8 Å². The van der Waals surface area contributed by atoms with Crippen LogP contribution in [0.3, 0.4) is 0 Å². The fourth-order valence-corrected chi connectivity index (χ4v) is 3.44. The summed E-state index contributed by atoms with van der Waals surface area (Å²) < 4.78 is 5.13. The van der Waals surface area contributed by atoms with Gasteiger partial charge in [0.15, 0.2) is 0 Å². The number of amides is 4. The molecular weight excluding hydrogens is 298 g/mol. The number of hydrogen-bond acceptors (Lipinski definition) is 4. The first-order valence-electron chi connectivity index (χ1n) is 7.96. The lowest BCUT2D eigenvalue weighted by molar-refractivity contribution is -0.137. The van der Waals surface area contributed by atoms with Crippen molar-refractivity contribution in [2.75, 3.05) is 6.54 Å². The molecule has 7 heteroatoms. The van der Waals surface area contributed by atoms with E-state index in [1.165, 1.54) is 6.26 Å². The fourth-order valence-electron chi connectivity index (χ4n) is 3.44. The van der Waals surface area contributed by atoms with E-state index in [1.54, 1.807) is 12.1 Å². The van der Waals surface area contributed by atoms with Gasteiger partial charge >= 0.3 is 6.03 Å². The zero-order valence-electron chi connectivity index (χ0n) is 13.1. The molecule has 0 unspecified atom stereocenters. The summed E-state index contributed by atoms with van der Waals surface area (Å²) in [5, 5.41) is 5.48. The summed E-state index contributed by atoms with van der Waals surface area (Å²) in [6.45, 7) is 1.95. The van der Waals surface area contributed by atoms with Gasteiger partial charge < -0.3 is 15.1 Å². The minimum Gasteiger partial charge on any atom is -0.467 e. The van der Waals surface area contributed by atoms with Crippen molar-refractivity contribution in [2.24, 2.45) is 5.92 Å². The molecule has 0 radical (unpaired) electrons. The van der Waals surface area contributed by atoms with E-state index in [0.29, 0.717) is 12.2 Å². The molecule has 2 heterocycles. The molecule has 1 spiro atoms. The second kappa shape index (κ2) is 6.06. The van der Waals surface area contributed by atoms with Gasteiger partial charge in [0.05, 0.1) is 12.8 Å². The topological polar surface area (TPSA) is 91.7 Å². The quantitative estimate of drug-likeness (QED) is 0.821. The maximum Gasteiger partial charge on any atom is 0.325 e. The van der Waals surface area contributed by atoms with E-state index in [0.717, 1.165) is 24.2 Å². The van der Waals surface area contributed by atoms with Gasteiger partial charge in [-0.15, -0.1) is 0 Å². The Bertz CT molecular complexity index is 613. The highest BCUT2D eigenvalue weighted by Crippen LogP contribution is 2.38. The Kier molecular flexibility index (Phi) is 4.11. The monoisotopic (exact) mass is 319 g/mol. The van der Waals surface area contributed by atoms with Crippen LogP contribution in [0.4, 0.5) is 4.79 Å². The predicted molar refractivity (Wildman–Crippen MR) is 81.2 cm³/mol. The molecule has 3 rings (SSSR count). The van der Waals surface area contributed by atoms with E-state index in [4.69, 9.17) is 4.42 Å². The van der Waals surface area contributed by atoms with Crippen molar-refractivity contribution in [3.05, 3.63) is 24.2 Å². The van der Waals surface area contributed by atoms with Gasteiger partial charge in [0, 0.05) is 0 Å². The summed E-state index contributed by atoms with van der Waals surface area (Å²) in [6.07, 6.45) is 5.05. The summed E-state index contributed by atoms with van der Waals surface area (Å²) in [5.41, 5.74) is -0.823. The Morgan fingerprint density at radius 1 is 1.48 bits per heavy atom. The summed E-state index contributed by atoms with van der Waals surface area (Å²) in [5.74, 6) is 0.0464. The molecule has 2 atom stereocenters. The molecule has 2 aliphatic rings. The van der Waals surface area contributed by atoms with E-state index in [2.05, 4.69) is 10.6 Å². The SMILES string of the molecule is C[C@H]1CCCC[C@@]12NC(=O)N(CC(=O)NCc1ccco1)C2=O. The Morgan fingerprint density at radius 2 is 2.30 bits per heavy atom. The van der Waals surface area contributed by atoms with Crippen molar-refractivity contribution in [1.29, 1.82) is 0 Å². The Balaban J connectivity index is 1.62. The molecule has 124 valence electrons. The largest absolute Gasteiger partial charge is 0.467 e. The zero-order chi connectivity index (χ0) is 16.4. The van der Waals surface area contributed by atoms with Crippen molar-refractivity contribution < 1.29 is 18.8 Å². The maximum absolute atomic E-state index is 12.7. The van der Waals surface area contributed by atoms with Crippen molar-refractivity contribution >= 4 is 17.8 Å². The van der Waals surface area contributed by atoms with Gasteiger partial charge in [-0.2, -0.15) is 0 Å². The van der Waals surface area contributed by atoms with E-state index in [-0.39, 0.29) is 30.8 Å². The normalized spacial score (nSPS) is 27.3. The highest BCUT2D eigenvalue weighted by atomic mass is 16.3. The molecule has 1 aromatic heterocycles. The van der Waals surface area contributed by atoms with Gasteiger partial charge in [-0.3, -0.25) is 14.5 Å². The minimum atomic E-state index is -0.823. The first kappa shape index (κ1) is 15.6. The molecular formula is C16H21N3O4. The molecule has 0 bridgehead atoms. The molecule has 23 heavy (non-hydrogen) atoms. The van der Waals surface area contributed by atoms with Crippen molar-refractivity contribution in [2.45, 2.75) is 44.7 Å². The van der Waals surface area contributed by atoms with E-state index in [9.17, 15) is 14.4 Å². The molecule has 1 aliphatic heterocycles. The van der Waals surface area contributed by atoms with Crippen LogP contribution in [0.5, 0.6) is 0 Å². The van der Waals surface area contributed by atoms with Crippen LogP contribution in [-0.4, -0.2) is 34.8 Å². The number of nitrogens with zero attached hydrogens (tertiary/aromatic N) is 1. The van der Waals surface area contributed by atoms with Crippen molar-refractivity contribution in [1.82, 2.24) is 15.5 Å². The number of nitrogens with one attached hydrogen (secondary N) is 2. The highest BCUT2D eigenvalue weighted by molar-refractivity contribution is 6.09. The lowest BCUT2D eigenvalue weighted by Crippen LogP contribution is -2.54. The molecule has 1 aromatic rings. The second-order valence-electron chi connectivity index (χ2n) is 6.30. The summed E-state index contributed by atoms with van der Waals surface area (Å²) in [6, 6.07) is 3.00. The molecule has 4 amide bonds. The smallest absolute Gasteiger partial charge is 0.325 e. The molecule has 1 saturated heterocycles. The fraction of sp³-hybridized carbons (Fsp3) is 0.562. The van der Waals surface area contributed by atoms with Crippen LogP contribution < -0.4 is 10.6 Å². The second-order valence-corrected chi connectivity index (χ2v) is 6.30. The molecule has 1 aliphatic carbocycles. The lowest BCUT2D eigenvalue weighted by atomic mass is 9.73. The van der Waals surface area contributed by atoms with E-state index < -0.39 is 11.6 Å². The average molecular weight is 319 g/mol. The number of urea groups is 1. The third kappa shape index (κ3) is 2.83. The summed E-state index contributed by atoms with van der Waals surface area (Å²) in [7, 11) is 0. The Labute approximate surface area is 134 Å². The zero-order valence-corrected chi connectivity index (χ0v) is 13.1. The number of furan rings is 1. The Morgan fingerprint density at radius 3 is 3.00 bits per heavy atom. The first-order chi connectivity index (χ1) is 11.0. The van der Waals surface area contributed by atoms with Crippen LogP contribution in [0.15, 0.2) is 22.8 Å². The maximum atomic E-state index is 12.7. The number of carbonyl (C=O) groups is 3. The number of carbonyl (C=O) groups excluding carboxylic acids is 3. The number of imide groups is 1. The summed E-state index contributed by atoms with van der Waals surface area (Å²) >= 11 is 0. The average Bonchev–Trinajstić information content (AvgIpc) is 3.12. The minimum absolute atomic E-state index is 0.0869. The number of hydrogen-bond donors (Lipinski definition) is 2. The third-order valence-electron chi connectivity index (χ3n) is 4.84. The molecule has 2 fully saturated rings. The molecule has 1 saturated carbocycles. The molecule has 0 aromatic carbocycles. The third-order valence-corrected chi connectivity index (χ3v) is 4.84. The highest BCUT2D eigenvalue weighted by Gasteiger charge is 2.55. The van der Waals surface area contributed by atoms with Crippen LogP contribution in [0.25, 0.3) is 0 Å². The van der Waals surface area contributed by atoms with Gasteiger partial charge in [-0.25, -0.2) is 4.79 Å². The first-order valence-corrected chi connectivity index (χ1v) is 7.96. The van der Waals surface area contributed by atoms with E-state index >= 15 is 0 Å². The van der Waals surface area contributed by atoms with Crippen LogP contribution in [-0.2, 0) is 16.1 Å². The van der Waals surface area contributed by atoms with Crippen LogP contribution in [0.1, 0.15) is 38.4 Å².